The molecule has 0 radical (unpaired) electrons. The van der Waals surface area contributed by atoms with Crippen molar-refractivity contribution in [1.29, 1.82) is 0 Å². The van der Waals surface area contributed by atoms with Crippen LogP contribution in [-0.4, -0.2) is 19.1 Å². The second-order valence-electron chi connectivity index (χ2n) is 14.2. The van der Waals surface area contributed by atoms with Crippen molar-refractivity contribution in [3.8, 4) is 34.0 Å². The number of fused-ring (bicyclic) bond motifs is 11. The van der Waals surface area contributed by atoms with Crippen LogP contribution in [0.15, 0.2) is 162 Å². The van der Waals surface area contributed by atoms with Gasteiger partial charge in [0.15, 0.2) is 0 Å². The quantitative estimate of drug-likeness (QED) is 0.165. The molecule has 0 saturated carbocycles. The van der Waals surface area contributed by atoms with E-state index in [0.717, 1.165) is 116 Å². The van der Waals surface area contributed by atoms with Gasteiger partial charge in [-0.1, -0.05) is 108 Å². The number of hydrogen-bond acceptors (Lipinski definition) is 3. The summed E-state index contributed by atoms with van der Waals surface area (Å²) in [6.07, 6.45) is 1.84. The van der Waals surface area contributed by atoms with Crippen LogP contribution in [0.4, 0.5) is 0 Å². The molecule has 56 heavy (non-hydrogen) atoms. The van der Waals surface area contributed by atoms with Gasteiger partial charge in [0, 0.05) is 39.1 Å². The summed E-state index contributed by atoms with van der Waals surface area (Å²) in [7, 11) is 0. The van der Waals surface area contributed by atoms with Crippen molar-refractivity contribution >= 4 is 76.6 Å². The molecule has 0 atom stereocenters. The number of para-hydroxylation sites is 4. The first-order valence-electron chi connectivity index (χ1n) is 18.5. The minimum atomic E-state index is 0. The number of nitrogens with zero attached hydrogens (tertiary/aromatic N) is 5. The molecule has 0 aliphatic rings. The number of pyridine rings is 1. The van der Waals surface area contributed by atoms with E-state index in [9.17, 15) is 0 Å². The van der Waals surface area contributed by atoms with Gasteiger partial charge in [0.25, 0.3) is 0 Å². The summed E-state index contributed by atoms with van der Waals surface area (Å²) < 4.78 is 11.1. The molecule has 12 rings (SSSR count). The Kier molecular flexibility index (Phi) is 7.22. The Morgan fingerprint density at radius 1 is 0.625 bits per heavy atom. The van der Waals surface area contributed by atoms with Crippen molar-refractivity contribution < 1.29 is 25.5 Å². The first-order valence-corrected chi connectivity index (χ1v) is 18.5. The van der Waals surface area contributed by atoms with E-state index in [4.69, 9.17) is 19.4 Å². The molecule has 0 spiro atoms. The van der Waals surface area contributed by atoms with Crippen molar-refractivity contribution in [2.45, 2.75) is 6.92 Å². The average Bonchev–Trinajstić information content (AvgIpc) is 3.99. The van der Waals surface area contributed by atoms with E-state index in [1.807, 2.05) is 42.6 Å². The molecule has 266 valence electrons. The molecule has 7 aromatic carbocycles. The Morgan fingerprint density at radius 3 is 2.29 bits per heavy atom. The maximum atomic E-state index is 6.60. The van der Waals surface area contributed by atoms with Gasteiger partial charge in [-0.3, -0.25) is 4.57 Å². The molecule has 0 saturated heterocycles. The topological polar surface area (TPSA) is 62.9 Å². The zero-order valence-corrected chi connectivity index (χ0v) is 32.2. The van der Waals surface area contributed by atoms with E-state index in [-0.39, 0.29) is 21.1 Å². The van der Waals surface area contributed by atoms with Crippen LogP contribution in [0.2, 0.25) is 0 Å². The van der Waals surface area contributed by atoms with Gasteiger partial charge in [-0.25, -0.2) is 9.97 Å². The average molecular weight is 899 g/mol. The number of benzene rings is 7. The molecule has 0 amide bonds. The first kappa shape index (κ1) is 32.7. The Labute approximate surface area is 334 Å². The van der Waals surface area contributed by atoms with Crippen LogP contribution < -0.4 is 4.98 Å². The molecular weight excluding hydrogens is 870 g/mol. The third kappa shape index (κ3) is 4.66. The Bertz CT molecular complexity index is 3500. The molecule has 7 heteroatoms. The summed E-state index contributed by atoms with van der Waals surface area (Å²) in [6, 6.07) is 56.6. The normalized spacial score (nSPS) is 11.9. The molecule has 0 N–H and O–H groups in total. The molecule has 12 aromatic rings. The Morgan fingerprint density at radius 2 is 1.41 bits per heavy atom. The third-order valence-electron chi connectivity index (χ3n) is 11.0. The van der Waals surface area contributed by atoms with Crippen molar-refractivity contribution in [2.75, 3.05) is 0 Å². The van der Waals surface area contributed by atoms with E-state index in [1.165, 1.54) is 0 Å². The second-order valence-corrected chi connectivity index (χ2v) is 14.2. The predicted molar refractivity (Wildman–Crippen MR) is 223 cm³/mol. The number of aromatic nitrogens is 5. The fraction of sp³-hybridized carbons (Fsp3) is 0.0204. The van der Waals surface area contributed by atoms with Crippen LogP contribution >= 0.6 is 0 Å². The van der Waals surface area contributed by atoms with E-state index in [2.05, 4.69) is 137 Å². The summed E-state index contributed by atoms with van der Waals surface area (Å²) >= 11 is 0. The number of rotatable bonds is 4. The fourth-order valence-corrected chi connectivity index (χ4v) is 8.61. The molecule has 5 heterocycles. The predicted octanol–water partition coefficient (Wildman–Crippen LogP) is 12.1. The Hall–Kier alpha value is -6.75. The minimum absolute atomic E-state index is 0. The number of hydrogen-bond donors (Lipinski definition) is 0. The van der Waals surface area contributed by atoms with Crippen molar-refractivity contribution in [3.05, 3.63) is 169 Å². The molecule has 5 aromatic heterocycles. The molecule has 0 aliphatic carbocycles. The standard InChI is InChI=1S/C49H29N5O.Pt/c1-29-26-38(47-42(27-29)53(31-12-3-2-4-13-31)49(52-47)37-17-11-16-34-32-14-5-7-18-39(32)51-46(34)37)30-21-22-36-41(28-30)54(44-20-9-10-25-50-44)40-24-23-35-33-15-6-8-19-43(33)55-48(35)45(36)40;/h2-27H,1H3;/q-2;+2. The van der Waals surface area contributed by atoms with Gasteiger partial charge in [-0.15, -0.1) is 34.8 Å². The maximum absolute atomic E-state index is 6.60. The maximum Gasteiger partial charge on any atom is 2.00 e. The molecule has 0 fully saturated rings. The van der Waals surface area contributed by atoms with Gasteiger partial charge in [0.05, 0.1) is 11.0 Å². The monoisotopic (exact) mass is 898 g/mol. The third-order valence-corrected chi connectivity index (χ3v) is 11.0. The van der Waals surface area contributed by atoms with Crippen LogP contribution in [0.5, 0.6) is 0 Å². The summed E-state index contributed by atoms with van der Waals surface area (Å²) in [6.45, 7) is 2.15. The van der Waals surface area contributed by atoms with E-state index in [1.54, 1.807) is 0 Å². The summed E-state index contributed by atoms with van der Waals surface area (Å²) in [4.78, 5) is 15.5. The second kappa shape index (κ2) is 12.4. The van der Waals surface area contributed by atoms with Gasteiger partial charge in [0.1, 0.15) is 22.8 Å². The summed E-state index contributed by atoms with van der Waals surface area (Å²) in [5.74, 6) is 1.66. The van der Waals surface area contributed by atoms with E-state index >= 15 is 0 Å². The summed E-state index contributed by atoms with van der Waals surface area (Å²) in [5.41, 5.74) is 12.6. The minimum Gasteiger partial charge on any atom is -0.656 e. The van der Waals surface area contributed by atoms with E-state index < -0.39 is 0 Å². The fourth-order valence-electron chi connectivity index (χ4n) is 8.61. The van der Waals surface area contributed by atoms with Gasteiger partial charge in [-0.05, 0) is 71.7 Å². The number of furan rings is 1. The van der Waals surface area contributed by atoms with Gasteiger partial charge < -0.3 is 14.0 Å². The van der Waals surface area contributed by atoms with Gasteiger partial charge in [-0.2, -0.15) is 0 Å². The van der Waals surface area contributed by atoms with Crippen LogP contribution in [0.3, 0.4) is 0 Å². The summed E-state index contributed by atoms with van der Waals surface area (Å²) in [5, 5.41) is 6.56. The van der Waals surface area contributed by atoms with Gasteiger partial charge >= 0.3 is 21.1 Å². The van der Waals surface area contributed by atoms with E-state index in [0.29, 0.717) is 0 Å². The largest absolute Gasteiger partial charge is 2.00 e. The molecule has 6 nitrogen and oxygen atoms in total. The molecule has 0 aliphatic heterocycles. The van der Waals surface area contributed by atoms with Crippen LogP contribution in [-0.2, 0) is 21.1 Å². The SMILES string of the molecule is Cc1cc(-c2[c-]c3c(cc2)c2c4oc5ccccc5c4ccc2n3-c2ccccn2)c2nc(-c3cccc4c3[n-]c3ccccc34)n(-c3ccccc3)c2c1.[Pt+2]. The number of imidazole rings is 1. The van der Waals surface area contributed by atoms with Crippen molar-refractivity contribution in [3.63, 3.8) is 0 Å². The number of aryl methyl sites for hydroxylation is 1. The Balaban J connectivity index is 0.00000363. The van der Waals surface area contributed by atoms with Crippen molar-refractivity contribution in [1.82, 2.24) is 24.1 Å². The zero-order valence-electron chi connectivity index (χ0n) is 30.0. The first-order chi connectivity index (χ1) is 27.2. The molecule has 0 unspecified atom stereocenters. The zero-order chi connectivity index (χ0) is 36.2. The molecule has 0 bridgehead atoms. The molecular formula is C49H29N5OPt. The van der Waals surface area contributed by atoms with Crippen LogP contribution in [0.25, 0.3) is 111 Å². The smallest absolute Gasteiger partial charge is 0.656 e. The van der Waals surface area contributed by atoms with Crippen LogP contribution in [0.1, 0.15) is 5.56 Å². The van der Waals surface area contributed by atoms with Crippen molar-refractivity contribution in [2.24, 2.45) is 0 Å². The van der Waals surface area contributed by atoms with Gasteiger partial charge in [0.2, 0.25) is 0 Å². The van der Waals surface area contributed by atoms with Crippen LogP contribution in [0, 0.1) is 13.0 Å².